The number of para-hydroxylation sites is 1. The van der Waals surface area contributed by atoms with E-state index in [1.165, 1.54) is 11.0 Å². The summed E-state index contributed by atoms with van der Waals surface area (Å²) < 4.78 is 34.4. The van der Waals surface area contributed by atoms with Crippen LogP contribution in [0.4, 0.5) is 4.79 Å². The van der Waals surface area contributed by atoms with Gasteiger partial charge in [-0.05, 0) is 63.6 Å². The van der Waals surface area contributed by atoms with Crippen LogP contribution in [0.5, 0.6) is 0 Å². The highest BCUT2D eigenvalue weighted by molar-refractivity contribution is 7.90. The summed E-state index contributed by atoms with van der Waals surface area (Å²) in [6, 6.07) is 16.4. The number of aromatic amines is 1. The maximum atomic E-state index is 13.9. The number of nitrogens with zero attached hydrogens (tertiary/aromatic N) is 1. The molecular weight excluding hydrogens is 568 g/mol. The van der Waals surface area contributed by atoms with Crippen LogP contribution in [0.1, 0.15) is 39.2 Å². The molecule has 1 aliphatic heterocycles. The number of rotatable bonds is 9. The van der Waals surface area contributed by atoms with E-state index in [-0.39, 0.29) is 23.8 Å². The molecule has 1 saturated carbocycles. The standard InChI is InChI=1S/C32H38N4O6S/c1-5-24-18-32(24,29(38)35-43(40,41)26-13-9-12-22-16-17-33-27(22)26)34-28(37)25-20-36(30(39)42-31(2,3)4)19-23(25)15-14-21-10-7-6-8-11-21/h5-13,16-17,23-25,33H,1,14-15,18-20H2,2-4H3,(H,34,37)(H,35,38)/t23-,24+,25-,32+/m0/s1. The van der Waals surface area contributed by atoms with Gasteiger partial charge in [0.05, 0.1) is 11.4 Å². The molecule has 2 aliphatic rings. The number of carbonyl (C=O) groups excluding carboxylic acids is 3. The number of nitrogens with one attached hydrogen (secondary N) is 3. The van der Waals surface area contributed by atoms with Crippen LogP contribution in [0.15, 0.2) is 78.3 Å². The molecule has 1 aliphatic carbocycles. The summed E-state index contributed by atoms with van der Waals surface area (Å²) in [7, 11) is -4.26. The van der Waals surface area contributed by atoms with E-state index in [0.29, 0.717) is 30.3 Å². The number of hydrogen-bond donors (Lipinski definition) is 3. The summed E-state index contributed by atoms with van der Waals surface area (Å²) in [5.41, 5.74) is -0.658. The van der Waals surface area contributed by atoms with Gasteiger partial charge in [-0.2, -0.15) is 0 Å². The Morgan fingerprint density at radius 2 is 1.84 bits per heavy atom. The number of amides is 3. The summed E-state index contributed by atoms with van der Waals surface area (Å²) in [6.45, 7) is 9.60. The first-order valence-electron chi connectivity index (χ1n) is 14.4. The van der Waals surface area contributed by atoms with Crippen molar-refractivity contribution in [3.63, 3.8) is 0 Å². The first kappa shape index (κ1) is 30.3. The highest BCUT2D eigenvalue weighted by Crippen LogP contribution is 2.45. The molecule has 3 amide bonds. The summed E-state index contributed by atoms with van der Waals surface area (Å²) in [5, 5.41) is 3.57. The third-order valence-electron chi connectivity index (χ3n) is 8.19. The third kappa shape index (κ3) is 6.46. The minimum Gasteiger partial charge on any atom is -0.444 e. The van der Waals surface area contributed by atoms with E-state index < -0.39 is 50.9 Å². The number of aromatic nitrogens is 1. The van der Waals surface area contributed by atoms with E-state index in [1.54, 1.807) is 51.2 Å². The van der Waals surface area contributed by atoms with Gasteiger partial charge in [0.2, 0.25) is 5.91 Å². The summed E-state index contributed by atoms with van der Waals surface area (Å²) in [4.78, 5) is 44.8. The highest BCUT2D eigenvalue weighted by Gasteiger charge is 2.61. The fraction of sp³-hybridized carbons (Fsp3) is 0.406. The highest BCUT2D eigenvalue weighted by atomic mass is 32.2. The first-order chi connectivity index (χ1) is 20.3. The summed E-state index contributed by atoms with van der Waals surface area (Å²) in [5.74, 6) is -2.48. The monoisotopic (exact) mass is 606 g/mol. The molecule has 2 heterocycles. The minimum absolute atomic E-state index is 0.0644. The quantitative estimate of drug-likeness (QED) is 0.313. The second-order valence-corrected chi connectivity index (χ2v) is 14.1. The van der Waals surface area contributed by atoms with Gasteiger partial charge in [0.1, 0.15) is 16.0 Å². The Labute approximate surface area is 251 Å². The number of aryl methyl sites for hydroxylation is 1. The molecule has 0 spiro atoms. The largest absolute Gasteiger partial charge is 0.444 e. The van der Waals surface area contributed by atoms with Crippen molar-refractivity contribution in [3.8, 4) is 0 Å². The molecule has 2 fully saturated rings. The molecule has 0 radical (unpaired) electrons. The second kappa shape index (κ2) is 11.5. The maximum absolute atomic E-state index is 13.9. The van der Waals surface area contributed by atoms with E-state index >= 15 is 0 Å². The minimum atomic E-state index is -4.26. The van der Waals surface area contributed by atoms with Crippen LogP contribution in [0, 0.1) is 17.8 Å². The Morgan fingerprint density at radius 3 is 2.51 bits per heavy atom. The number of ether oxygens (including phenoxy) is 1. The Bertz CT molecular complexity index is 1640. The average Bonchev–Trinajstić information content (AvgIpc) is 3.26. The van der Waals surface area contributed by atoms with Gasteiger partial charge in [-0.1, -0.05) is 48.5 Å². The van der Waals surface area contributed by atoms with Gasteiger partial charge >= 0.3 is 6.09 Å². The van der Waals surface area contributed by atoms with Crippen LogP contribution >= 0.6 is 0 Å². The first-order valence-corrected chi connectivity index (χ1v) is 15.9. The van der Waals surface area contributed by atoms with E-state index in [1.807, 2.05) is 30.3 Å². The number of hydrogen-bond acceptors (Lipinski definition) is 6. The molecular formula is C32H38N4O6S. The van der Waals surface area contributed by atoms with Crippen molar-refractivity contribution in [1.82, 2.24) is 19.9 Å². The molecule has 1 saturated heterocycles. The van der Waals surface area contributed by atoms with Crippen molar-refractivity contribution in [2.24, 2.45) is 17.8 Å². The Hall–Kier alpha value is -4.12. The fourth-order valence-electron chi connectivity index (χ4n) is 5.83. The van der Waals surface area contributed by atoms with Crippen molar-refractivity contribution in [2.75, 3.05) is 13.1 Å². The smallest absolute Gasteiger partial charge is 0.410 e. The number of sulfonamides is 1. The number of carbonyl (C=O) groups is 3. The van der Waals surface area contributed by atoms with E-state index in [2.05, 4.69) is 21.6 Å². The van der Waals surface area contributed by atoms with E-state index in [4.69, 9.17) is 4.74 Å². The Morgan fingerprint density at radius 1 is 1.09 bits per heavy atom. The van der Waals surface area contributed by atoms with Crippen LogP contribution in [-0.4, -0.2) is 60.4 Å². The van der Waals surface area contributed by atoms with Gasteiger partial charge in [-0.3, -0.25) is 9.59 Å². The van der Waals surface area contributed by atoms with E-state index in [9.17, 15) is 22.8 Å². The number of H-pyrrole nitrogens is 1. The van der Waals surface area contributed by atoms with Gasteiger partial charge in [0.15, 0.2) is 0 Å². The van der Waals surface area contributed by atoms with Gasteiger partial charge in [0, 0.05) is 30.6 Å². The SMILES string of the molecule is C=C[C@@H]1C[C@]1(NC(=O)[C@H]1CN(C(=O)OC(C)(C)C)C[C@@H]1CCc1ccccc1)C(=O)NS(=O)(=O)c1cccc2cc[nH]c12. The number of likely N-dealkylation sites (tertiary alicyclic amines) is 1. The van der Waals surface area contributed by atoms with Crippen molar-refractivity contribution in [1.29, 1.82) is 0 Å². The lowest BCUT2D eigenvalue weighted by molar-refractivity contribution is -0.132. The van der Waals surface area contributed by atoms with Gasteiger partial charge < -0.3 is 19.9 Å². The predicted molar refractivity (Wildman–Crippen MR) is 162 cm³/mol. The van der Waals surface area contributed by atoms with Crippen molar-refractivity contribution >= 4 is 38.8 Å². The molecule has 0 bridgehead atoms. The van der Waals surface area contributed by atoms with Gasteiger partial charge in [0.25, 0.3) is 15.9 Å². The third-order valence-corrected chi connectivity index (χ3v) is 9.57. The fourth-order valence-corrected chi connectivity index (χ4v) is 7.07. The van der Waals surface area contributed by atoms with Crippen LogP contribution in [-0.2, 0) is 30.8 Å². The van der Waals surface area contributed by atoms with Crippen molar-refractivity contribution < 1.29 is 27.5 Å². The van der Waals surface area contributed by atoms with Gasteiger partial charge in [-0.15, -0.1) is 6.58 Å². The van der Waals surface area contributed by atoms with Crippen LogP contribution in [0.3, 0.4) is 0 Å². The zero-order valence-corrected chi connectivity index (χ0v) is 25.4. The maximum Gasteiger partial charge on any atom is 0.410 e. The number of fused-ring (bicyclic) bond motifs is 1. The van der Waals surface area contributed by atoms with Crippen LogP contribution in [0.25, 0.3) is 10.9 Å². The predicted octanol–water partition coefficient (Wildman–Crippen LogP) is 4.15. The second-order valence-electron chi connectivity index (χ2n) is 12.4. The molecule has 5 rings (SSSR count). The van der Waals surface area contributed by atoms with Crippen molar-refractivity contribution in [2.45, 2.75) is 56.1 Å². The number of benzene rings is 2. The zero-order chi connectivity index (χ0) is 31.0. The molecule has 0 unspecified atom stereocenters. The molecule has 11 heteroatoms. The normalized spacial score (nSPS) is 23.5. The molecule has 228 valence electrons. The topological polar surface area (TPSA) is 138 Å². The molecule has 4 atom stereocenters. The lowest BCUT2D eigenvalue weighted by Gasteiger charge is -2.24. The van der Waals surface area contributed by atoms with Crippen LogP contribution < -0.4 is 10.0 Å². The molecule has 3 N–H and O–H groups in total. The van der Waals surface area contributed by atoms with Crippen molar-refractivity contribution in [3.05, 3.63) is 79.0 Å². The van der Waals surface area contributed by atoms with Crippen LogP contribution in [0.2, 0.25) is 0 Å². The Kier molecular flexibility index (Phi) is 8.13. The summed E-state index contributed by atoms with van der Waals surface area (Å²) >= 11 is 0. The average molecular weight is 607 g/mol. The van der Waals surface area contributed by atoms with E-state index in [0.717, 1.165) is 5.56 Å². The molecule has 1 aromatic heterocycles. The lowest BCUT2D eigenvalue weighted by Crippen LogP contribution is -2.54. The molecule has 10 nitrogen and oxygen atoms in total. The Balaban J connectivity index is 1.34. The molecule has 2 aromatic carbocycles. The lowest BCUT2D eigenvalue weighted by atomic mass is 9.89. The summed E-state index contributed by atoms with van der Waals surface area (Å²) in [6.07, 6.45) is 4.24. The zero-order valence-electron chi connectivity index (χ0n) is 24.6. The van der Waals surface area contributed by atoms with Gasteiger partial charge in [-0.25, -0.2) is 17.9 Å². The molecule has 3 aromatic rings. The molecule has 43 heavy (non-hydrogen) atoms.